The summed E-state index contributed by atoms with van der Waals surface area (Å²) in [7, 11) is 0. The minimum Gasteiger partial charge on any atom is -0.375 e. The standard InChI is InChI=1S/C16H16N4OS/c17-16-19-13(11-22-16)7-8-18-15(21)12-3-5-14(6-4-12)20-9-1-2-10-20/h1-6,9-11H,7-8H2,(H2,17,19)(H,18,21). The third-order valence-corrected chi connectivity index (χ3v) is 3.99. The second-order valence-corrected chi connectivity index (χ2v) is 5.71. The summed E-state index contributed by atoms with van der Waals surface area (Å²) in [6, 6.07) is 11.4. The Labute approximate surface area is 132 Å². The Morgan fingerprint density at radius 2 is 1.95 bits per heavy atom. The van der Waals surface area contributed by atoms with Crippen molar-refractivity contribution in [2.45, 2.75) is 6.42 Å². The molecule has 2 heterocycles. The van der Waals surface area contributed by atoms with Gasteiger partial charge in [0.25, 0.3) is 5.91 Å². The number of rotatable bonds is 5. The van der Waals surface area contributed by atoms with Gasteiger partial charge in [-0.2, -0.15) is 0 Å². The van der Waals surface area contributed by atoms with Gasteiger partial charge < -0.3 is 15.6 Å². The monoisotopic (exact) mass is 312 g/mol. The van der Waals surface area contributed by atoms with Crippen LogP contribution in [0.2, 0.25) is 0 Å². The maximum atomic E-state index is 12.1. The molecule has 1 amide bonds. The second-order valence-electron chi connectivity index (χ2n) is 4.82. The van der Waals surface area contributed by atoms with Crippen LogP contribution in [0.15, 0.2) is 54.2 Å². The van der Waals surface area contributed by atoms with E-state index in [2.05, 4.69) is 10.3 Å². The molecule has 0 saturated heterocycles. The van der Waals surface area contributed by atoms with Crippen molar-refractivity contribution >= 4 is 22.4 Å². The van der Waals surface area contributed by atoms with Crippen LogP contribution in [0.1, 0.15) is 16.1 Å². The largest absolute Gasteiger partial charge is 0.375 e. The maximum Gasteiger partial charge on any atom is 0.251 e. The number of thiazole rings is 1. The van der Waals surface area contributed by atoms with Crippen LogP contribution in [0.5, 0.6) is 0 Å². The highest BCUT2D eigenvalue weighted by Gasteiger charge is 2.06. The first-order chi connectivity index (χ1) is 10.7. The highest BCUT2D eigenvalue weighted by Crippen LogP contribution is 2.12. The number of hydrogen-bond donors (Lipinski definition) is 2. The van der Waals surface area contributed by atoms with Gasteiger partial charge in [0.1, 0.15) is 0 Å². The predicted octanol–water partition coefficient (Wildman–Crippen LogP) is 2.49. The molecule has 22 heavy (non-hydrogen) atoms. The van der Waals surface area contributed by atoms with Crippen LogP contribution < -0.4 is 11.1 Å². The molecule has 0 saturated carbocycles. The molecule has 0 spiro atoms. The van der Waals surface area contributed by atoms with E-state index in [4.69, 9.17) is 5.73 Å². The number of nitrogen functional groups attached to an aromatic ring is 1. The van der Waals surface area contributed by atoms with Gasteiger partial charge in [0.2, 0.25) is 0 Å². The molecule has 0 bridgehead atoms. The van der Waals surface area contributed by atoms with Gasteiger partial charge >= 0.3 is 0 Å². The van der Waals surface area contributed by atoms with Crippen LogP contribution in [-0.4, -0.2) is 22.0 Å². The highest BCUT2D eigenvalue weighted by atomic mass is 32.1. The lowest BCUT2D eigenvalue weighted by Crippen LogP contribution is -2.25. The van der Waals surface area contributed by atoms with Crippen LogP contribution in [0.4, 0.5) is 5.13 Å². The molecule has 0 fully saturated rings. The zero-order chi connectivity index (χ0) is 15.4. The lowest BCUT2D eigenvalue weighted by Gasteiger charge is -2.06. The number of aromatic nitrogens is 2. The molecule has 6 heteroatoms. The summed E-state index contributed by atoms with van der Waals surface area (Å²) in [6.07, 6.45) is 4.62. The number of nitrogens with zero attached hydrogens (tertiary/aromatic N) is 2. The van der Waals surface area contributed by atoms with E-state index in [1.54, 1.807) is 0 Å². The molecule has 5 nitrogen and oxygen atoms in total. The lowest BCUT2D eigenvalue weighted by atomic mass is 10.2. The molecule has 3 aromatic rings. The Morgan fingerprint density at radius 3 is 2.59 bits per heavy atom. The van der Waals surface area contributed by atoms with Crippen LogP contribution in [-0.2, 0) is 6.42 Å². The van der Waals surface area contributed by atoms with E-state index in [-0.39, 0.29) is 5.91 Å². The highest BCUT2D eigenvalue weighted by molar-refractivity contribution is 7.13. The van der Waals surface area contributed by atoms with Crippen molar-refractivity contribution in [3.05, 3.63) is 65.4 Å². The Balaban J connectivity index is 1.56. The van der Waals surface area contributed by atoms with E-state index in [9.17, 15) is 4.79 Å². The first-order valence-electron chi connectivity index (χ1n) is 6.94. The molecule has 3 N–H and O–H groups in total. The van der Waals surface area contributed by atoms with Gasteiger partial charge in [-0.05, 0) is 36.4 Å². The summed E-state index contributed by atoms with van der Waals surface area (Å²) >= 11 is 1.41. The van der Waals surface area contributed by atoms with Crippen molar-refractivity contribution < 1.29 is 4.79 Å². The summed E-state index contributed by atoms with van der Waals surface area (Å²) in [6.45, 7) is 0.543. The number of benzene rings is 1. The van der Waals surface area contributed by atoms with Gasteiger partial charge in [-0.3, -0.25) is 4.79 Å². The van der Waals surface area contributed by atoms with Crippen molar-refractivity contribution in [1.29, 1.82) is 0 Å². The Hall–Kier alpha value is -2.60. The molecular weight excluding hydrogens is 296 g/mol. The smallest absolute Gasteiger partial charge is 0.251 e. The Bertz CT molecular complexity index is 747. The second kappa shape index (κ2) is 6.44. The van der Waals surface area contributed by atoms with Gasteiger partial charge in [-0.15, -0.1) is 11.3 Å². The lowest BCUT2D eigenvalue weighted by molar-refractivity contribution is 0.0954. The SMILES string of the molecule is Nc1nc(CCNC(=O)c2ccc(-n3cccc3)cc2)cs1. The minimum atomic E-state index is -0.0812. The zero-order valence-electron chi connectivity index (χ0n) is 11.9. The van der Waals surface area contributed by atoms with Gasteiger partial charge in [0.05, 0.1) is 5.69 Å². The third kappa shape index (κ3) is 3.35. The van der Waals surface area contributed by atoms with Gasteiger partial charge in [-0.1, -0.05) is 0 Å². The molecule has 112 valence electrons. The van der Waals surface area contributed by atoms with Crippen molar-refractivity contribution in [3.8, 4) is 5.69 Å². The molecular formula is C16H16N4OS. The average Bonchev–Trinajstić information content (AvgIpc) is 3.19. The van der Waals surface area contributed by atoms with E-state index in [1.807, 2.05) is 58.7 Å². The van der Waals surface area contributed by atoms with Gasteiger partial charge in [-0.25, -0.2) is 4.98 Å². The number of carbonyl (C=O) groups excluding carboxylic acids is 1. The maximum absolute atomic E-state index is 12.1. The van der Waals surface area contributed by atoms with Crippen molar-refractivity contribution in [3.63, 3.8) is 0 Å². The number of anilines is 1. The molecule has 2 aromatic heterocycles. The van der Waals surface area contributed by atoms with Gasteiger partial charge in [0, 0.05) is 42.0 Å². The Morgan fingerprint density at radius 1 is 1.23 bits per heavy atom. The van der Waals surface area contributed by atoms with Gasteiger partial charge in [0.15, 0.2) is 5.13 Å². The van der Waals surface area contributed by atoms with Crippen LogP contribution in [0.3, 0.4) is 0 Å². The summed E-state index contributed by atoms with van der Waals surface area (Å²) < 4.78 is 1.99. The first-order valence-corrected chi connectivity index (χ1v) is 7.82. The average molecular weight is 312 g/mol. The molecule has 3 rings (SSSR count). The van der Waals surface area contributed by atoms with E-state index in [1.165, 1.54) is 11.3 Å². The van der Waals surface area contributed by atoms with E-state index >= 15 is 0 Å². The van der Waals surface area contributed by atoms with E-state index in [0.29, 0.717) is 23.7 Å². The fourth-order valence-electron chi connectivity index (χ4n) is 2.14. The van der Waals surface area contributed by atoms with Crippen LogP contribution in [0.25, 0.3) is 5.69 Å². The summed E-state index contributed by atoms with van der Waals surface area (Å²) in [5.41, 5.74) is 8.16. The molecule has 0 unspecified atom stereocenters. The number of nitrogens with one attached hydrogen (secondary N) is 1. The molecule has 0 aliphatic carbocycles. The fourth-order valence-corrected chi connectivity index (χ4v) is 2.73. The molecule has 1 aromatic carbocycles. The van der Waals surface area contributed by atoms with E-state index in [0.717, 1.165) is 11.4 Å². The topological polar surface area (TPSA) is 72.9 Å². The third-order valence-electron chi connectivity index (χ3n) is 3.27. The van der Waals surface area contributed by atoms with E-state index < -0.39 is 0 Å². The van der Waals surface area contributed by atoms with Crippen molar-refractivity contribution in [1.82, 2.24) is 14.9 Å². The quantitative estimate of drug-likeness (QED) is 0.760. The molecule has 0 atom stereocenters. The fraction of sp³-hybridized carbons (Fsp3) is 0.125. The molecule has 0 radical (unpaired) electrons. The minimum absolute atomic E-state index is 0.0812. The number of carbonyl (C=O) groups is 1. The Kier molecular flexibility index (Phi) is 4.20. The van der Waals surface area contributed by atoms with Crippen molar-refractivity contribution in [2.24, 2.45) is 0 Å². The summed E-state index contributed by atoms with van der Waals surface area (Å²) in [4.78, 5) is 16.2. The predicted molar refractivity (Wildman–Crippen MR) is 88.3 cm³/mol. The summed E-state index contributed by atoms with van der Waals surface area (Å²) in [5.74, 6) is -0.0812. The molecule has 0 aliphatic heterocycles. The van der Waals surface area contributed by atoms with Crippen LogP contribution >= 0.6 is 11.3 Å². The zero-order valence-corrected chi connectivity index (χ0v) is 12.7. The normalized spacial score (nSPS) is 10.5. The number of nitrogens with two attached hydrogens (primary N) is 1. The summed E-state index contributed by atoms with van der Waals surface area (Å²) in [5, 5.41) is 5.36. The first kappa shape index (κ1) is 14.3. The number of amides is 1. The molecule has 0 aliphatic rings. The van der Waals surface area contributed by atoms with Crippen LogP contribution in [0, 0.1) is 0 Å². The van der Waals surface area contributed by atoms with Crippen molar-refractivity contribution in [2.75, 3.05) is 12.3 Å². The number of hydrogen-bond acceptors (Lipinski definition) is 4.